The first-order valence-electron chi connectivity index (χ1n) is 7.88. The van der Waals surface area contributed by atoms with Crippen LogP contribution in [0, 0.1) is 23.4 Å². The van der Waals surface area contributed by atoms with Crippen LogP contribution in [-0.4, -0.2) is 25.5 Å². The van der Waals surface area contributed by atoms with Gasteiger partial charge in [-0.2, -0.15) is 0 Å². The molecular formula is C18H16BrF3N2O. The third kappa shape index (κ3) is 3.98. The van der Waals surface area contributed by atoms with E-state index in [9.17, 15) is 18.0 Å². The second-order valence-electron chi connectivity index (χ2n) is 6.01. The zero-order chi connectivity index (χ0) is 18.0. The van der Waals surface area contributed by atoms with Crippen LogP contribution in [0.2, 0.25) is 0 Å². The lowest BCUT2D eigenvalue weighted by Gasteiger charge is -2.19. The van der Waals surface area contributed by atoms with Gasteiger partial charge in [-0.05, 0) is 52.5 Å². The monoisotopic (exact) mass is 412 g/mol. The summed E-state index contributed by atoms with van der Waals surface area (Å²) in [5.41, 5.74) is 0.871. The molecule has 1 aliphatic rings. The van der Waals surface area contributed by atoms with E-state index in [1.165, 1.54) is 18.2 Å². The number of halogens is 4. The largest absolute Gasteiger partial charge is 0.371 e. The van der Waals surface area contributed by atoms with Crippen molar-refractivity contribution in [1.29, 1.82) is 0 Å². The maximum atomic E-state index is 13.5. The van der Waals surface area contributed by atoms with Crippen molar-refractivity contribution in [3.05, 3.63) is 63.9 Å². The van der Waals surface area contributed by atoms with Crippen LogP contribution < -0.4 is 10.2 Å². The minimum absolute atomic E-state index is 0.141. The van der Waals surface area contributed by atoms with Crippen LogP contribution in [0.4, 0.5) is 18.9 Å². The Morgan fingerprint density at radius 3 is 2.72 bits per heavy atom. The van der Waals surface area contributed by atoms with Crippen LogP contribution in [-0.2, 0) is 0 Å². The van der Waals surface area contributed by atoms with Crippen molar-refractivity contribution in [3.63, 3.8) is 0 Å². The molecule has 2 aromatic carbocycles. The Morgan fingerprint density at radius 2 is 1.96 bits per heavy atom. The smallest absolute Gasteiger partial charge is 0.252 e. The summed E-state index contributed by atoms with van der Waals surface area (Å²) in [7, 11) is 0. The highest BCUT2D eigenvalue weighted by Gasteiger charge is 2.24. The van der Waals surface area contributed by atoms with Crippen LogP contribution in [0.15, 0.2) is 40.9 Å². The van der Waals surface area contributed by atoms with Crippen molar-refractivity contribution in [3.8, 4) is 0 Å². The molecule has 1 aliphatic heterocycles. The average molecular weight is 413 g/mol. The number of hydrogen-bond acceptors (Lipinski definition) is 2. The molecule has 0 radical (unpaired) electrons. The summed E-state index contributed by atoms with van der Waals surface area (Å²) in [5, 5.41) is 2.81. The summed E-state index contributed by atoms with van der Waals surface area (Å²) < 4.78 is 40.0. The maximum absolute atomic E-state index is 13.5. The number of carbonyl (C=O) groups excluding carboxylic acids is 1. The van der Waals surface area contributed by atoms with Gasteiger partial charge >= 0.3 is 0 Å². The molecule has 1 fully saturated rings. The molecule has 3 nitrogen and oxygen atoms in total. The summed E-state index contributed by atoms with van der Waals surface area (Å²) in [6.07, 6.45) is 0.823. The number of hydrogen-bond donors (Lipinski definition) is 1. The van der Waals surface area contributed by atoms with Gasteiger partial charge in [0.1, 0.15) is 5.82 Å². The molecule has 7 heteroatoms. The third-order valence-electron chi connectivity index (χ3n) is 4.30. The van der Waals surface area contributed by atoms with Crippen LogP contribution in [0.25, 0.3) is 0 Å². The number of nitrogens with zero attached hydrogens (tertiary/aromatic N) is 1. The summed E-state index contributed by atoms with van der Waals surface area (Å²) in [6.45, 7) is 1.77. The van der Waals surface area contributed by atoms with Gasteiger partial charge in [0.25, 0.3) is 5.91 Å². The van der Waals surface area contributed by atoms with Crippen molar-refractivity contribution < 1.29 is 18.0 Å². The minimum Gasteiger partial charge on any atom is -0.371 e. The molecule has 1 atom stereocenters. The second kappa shape index (κ2) is 7.47. The molecule has 1 heterocycles. The Bertz CT molecular complexity index is 800. The normalized spacial score (nSPS) is 17.0. The first-order chi connectivity index (χ1) is 12.0. The van der Waals surface area contributed by atoms with E-state index in [2.05, 4.69) is 21.2 Å². The fraction of sp³-hybridized carbons (Fsp3) is 0.278. The molecule has 132 valence electrons. The number of nitrogens with one attached hydrogen (secondary N) is 1. The molecule has 1 unspecified atom stereocenters. The summed E-state index contributed by atoms with van der Waals surface area (Å²) >= 11 is 3.08. The Morgan fingerprint density at radius 1 is 1.16 bits per heavy atom. The van der Waals surface area contributed by atoms with Crippen molar-refractivity contribution in [1.82, 2.24) is 5.32 Å². The lowest BCUT2D eigenvalue weighted by Crippen LogP contribution is -2.31. The topological polar surface area (TPSA) is 32.3 Å². The number of benzene rings is 2. The van der Waals surface area contributed by atoms with E-state index in [4.69, 9.17) is 0 Å². The SMILES string of the molecule is O=C(NCC1CCN(c2ccc(F)c(F)c2)C1)c1cccc(F)c1Br. The summed E-state index contributed by atoms with van der Waals surface area (Å²) in [6, 6.07) is 8.14. The molecule has 0 spiro atoms. The number of amides is 1. The highest BCUT2D eigenvalue weighted by Crippen LogP contribution is 2.25. The van der Waals surface area contributed by atoms with E-state index in [1.54, 1.807) is 12.1 Å². The van der Waals surface area contributed by atoms with Crippen LogP contribution in [0.5, 0.6) is 0 Å². The molecule has 1 saturated heterocycles. The zero-order valence-corrected chi connectivity index (χ0v) is 14.8. The van der Waals surface area contributed by atoms with E-state index in [0.717, 1.165) is 12.5 Å². The summed E-state index contributed by atoms with van der Waals surface area (Å²) in [4.78, 5) is 14.2. The van der Waals surface area contributed by atoms with Gasteiger partial charge in [-0.15, -0.1) is 0 Å². The molecule has 2 aromatic rings. The predicted octanol–water partition coefficient (Wildman–Crippen LogP) is 4.12. The molecule has 0 bridgehead atoms. The van der Waals surface area contributed by atoms with Gasteiger partial charge in [0.2, 0.25) is 0 Å². The molecule has 0 saturated carbocycles. The predicted molar refractivity (Wildman–Crippen MR) is 93.1 cm³/mol. The van der Waals surface area contributed by atoms with E-state index < -0.39 is 17.5 Å². The number of carbonyl (C=O) groups is 1. The van der Waals surface area contributed by atoms with Gasteiger partial charge in [-0.25, -0.2) is 13.2 Å². The van der Waals surface area contributed by atoms with E-state index in [-0.39, 0.29) is 21.9 Å². The highest BCUT2D eigenvalue weighted by atomic mass is 79.9. The van der Waals surface area contributed by atoms with Crippen molar-refractivity contribution in [2.24, 2.45) is 5.92 Å². The van der Waals surface area contributed by atoms with Gasteiger partial charge in [-0.1, -0.05) is 6.07 Å². The van der Waals surface area contributed by atoms with Gasteiger partial charge in [0, 0.05) is 31.4 Å². The molecule has 1 N–H and O–H groups in total. The fourth-order valence-corrected chi connectivity index (χ4v) is 3.37. The minimum atomic E-state index is -0.870. The summed E-state index contributed by atoms with van der Waals surface area (Å²) in [5.74, 6) is -2.39. The van der Waals surface area contributed by atoms with Crippen molar-refractivity contribution >= 4 is 27.5 Å². The van der Waals surface area contributed by atoms with E-state index >= 15 is 0 Å². The Kier molecular flexibility index (Phi) is 5.32. The maximum Gasteiger partial charge on any atom is 0.252 e. The third-order valence-corrected chi connectivity index (χ3v) is 5.11. The number of rotatable bonds is 4. The Balaban J connectivity index is 1.57. The molecule has 1 amide bonds. The molecule has 0 aromatic heterocycles. The molecule has 3 rings (SSSR count). The first kappa shape index (κ1) is 17.8. The molecular weight excluding hydrogens is 397 g/mol. The van der Waals surface area contributed by atoms with Gasteiger partial charge < -0.3 is 10.2 Å². The zero-order valence-electron chi connectivity index (χ0n) is 13.2. The fourth-order valence-electron chi connectivity index (χ4n) is 2.93. The Labute approximate surface area is 152 Å². The lowest BCUT2D eigenvalue weighted by molar-refractivity contribution is 0.0947. The van der Waals surface area contributed by atoms with Crippen LogP contribution in [0.3, 0.4) is 0 Å². The van der Waals surface area contributed by atoms with Gasteiger partial charge in [-0.3, -0.25) is 4.79 Å². The second-order valence-corrected chi connectivity index (χ2v) is 6.80. The first-order valence-corrected chi connectivity index (χ1v) is 8.67. The number of anilines is 1. The Hall–Kier alpha value is -2.02. The van der Waals surface area contributed by atoms with Crippen LogP contribution in [0.1, 0.15) is 16.8 Å². The highest BCUT2D eigenvalue weighted by molar-refractivity contribution is 9.10. The quantitative estimate of drug-likeness (QED) is 0.818. The molecule has 25 heavy (non-hydrogen) atoms. The van der Waals surface area contributed by atoms with E-state index in [0.29, 0.717) is 25.3 Å². The average Bonchev–Trinajstić information content (AvgIpc) is 3.06. The van der Waals surface area contributed by atoms with Crippen molar-refractivity contribution in [2.45, 2.75) is 6.42 Å². The van der Waals surface area contributed by atoms with Crippen molar-refractivity contribution in [2.75, 3.05) is 24.5 Å². The lowest BCUT2D eigenvalue weighted by atomic mass is 10.1. The standard InChI is InChI=1S/C18H16BrF3N2O/c19-17-13(2-1-3-15(17)21)18(25)23-9-11-6-7-24(10-11)12-4-5-14(20)16(22)8-12/h1-5,8,11H,6-7,9-10H2,(H,23,25). The van der Waals surface area contributed by atoms with Crippen LogP contribution >= 0.6 is 15.9 Å². The van der Waals surface area contributed by atoms with Gasteiger partial charge in [0.15, 0.2) is 11.6 Å². The molecule has 0 aliphatic carbocycles. The van der Waals surface area contributed by atoms with Gasteiger partial charge in [0.05, 0.1) is 10.0 Å². The van der Waals surface area contributed by atoms with E-state index in [1.807, 2.05) is 4.90 Å².